The van der Waals surface area contributed by atoms with Crippen molar-refractivity contribution >= 4 is 0 Å². The second kappa shape index (κ2) is 5.73. The molecule has 0 spiro atoms. The van der Waals surface area contributed by atoms with Crippen LogP contribution >= 0.6 is 0 Å². The van der Waals surface area contributed by atoms with Gasteiger partial charge in [0.1, 0.15) is 0 Å². The van der Waals surface area contributed by atoms with E-state index in [1.54, 1.807) is 0 Å². The van der Waals surface area contributed by atoms with E-state index in [2.05, 4.69) is 56.3 Å². The standard InChI is InChI=1S/C11H17N.H3N/c1-10(12(2)3)9-11-7-5-4-6-8-11;/h4-8,10H,9H2,1-3H3;1H3. The zero-order valence-electron chi connectivity index (χ0n) is 8.83. The molecule has 1 rings (SSSR count). The number of hydrogen-bond donors (Lipinski definition) is 1. The van der Waals surface area contributed by atoms with E-state index in [9.17, 15) is 0 Å². The quantitative estimate of drug-likeness (QED) is 0.775. The molecule has 1 unspecified atom stereocenters. The lowest BCUT2D eigenvalue weighted by atomic mass is 10.1. The van der Waals surface area contributed by atoms with Gasteiger partial charge in [-0.3, -0.25) is 0 Å². The fourth-order valence-corrected chi connectivity index (χ4v) is 1.14. The van der Waals surface area contributed by atoms with Gasteiger partial charge in [0.05, 0.1) is 0 Å². The second-order valence-electron chi connectivity index (χ2n) is 3.50. The van der Waals surface area contributed by atoms with Gasteiger partial charge in [-0.2, -0.15) is 0 Å². The summed E-state index contributed by atoms with van der Waals surface area (Å²) in [5.41, 5.74) is 1.42. The zero-order chi connectivity index (χ0) is 8.97. The maximum absolute atomic E-state index is 2.24. The highest BCUT2D eigenvalue weighted by atomic mass is 15.1. The van der Waals surface area contributed by atoms with Crippen molar-refractivity contribution < 1.29 is 0 Å². The second-order valence-corrected chi connectivity index (χ2v) is 3.50. The average Bonchev–Trinajstić information content (AvgIpc) is 2.06. The molecule has 0 amide bonds. The highest BCUT2D eigenvalue weighted by Gasteiger charge is 2.04. The number of benzene rings is 1. The molecule has 13 heavy (non-hydrogen) atoms. The number of likely N-dealkylation sites (N-methyl/N-ethyl adjacent to an activating group) is 1. The average molecular weight is 180 g/mol. The normalized spacial score (nSPS) is 12.3. The molecule has 0 saturated carbocycles. The Kier molecular flexibility index (Phi) is 5.35. The smallest absolute Gasteiger partial charge is 0.0101 e. The summed E-state index contributed by atoms with van der Waals surface area (Å²) >= 11 is 0. The fraction of sp³-hybridized carbons (Fsp3) is 0.455. The molecule has 2 heteroatoms. The van der Waals surface area contributed by atoms with E-state index < -0.39 is 0 Å². The molecule has 0 aliphatic heterocycles. The summed E-state index contributed by atoms with van der Waals surface area (Å²) < 4.78 is 0. The Morgan fingerprint density at radius 3 is 2.15 bits per heavy atom. The lowest BCUT2D eigenvalue weighted by Gasteiger charge is -2.19. The molecule has 74 valence electrons. The molecule has 1 atom stereocenters. The van der Waals surface area contributed by atoms with Crippen LogP contribution in [0.4, 0.5) is 0 Å². The maximum Gasteiger partial charge on any atom is 0.0101 e. The van der Waals surface area contributed by atoms with Crippen molar-refractivity contribution in [1.82, 2.24) is 11.1 Å². The van der Waals surface area contributed by atoms with E-state index in [1.165, 1.54) is 5.56 Å². The summed E-state index contributed by atoms with van der Waals surface area (Å²) in [6.45, 7) is 2.24. The van der Waals surface area contributed by atoms with Crippen molar-refractivity contribution in [3.63, 3.8) is 0 Å². The van der Waals surface area contributed by atoms with Crippen LogP contribution in [-0.2, 0) is 6.42 Å². The van der Waals surface area contributed by atoms with Gasteiger partial charge in [-0.15, -0.1) is 0 Å². The summed E-state index contributed by atoms with van der Waals surface area (Å²) in [6, 6.07) is 11.2. The summed E-state index contributed by atoms with van der Waals surface area (Å²) in [5.74, 6) is 0. The van der Waals surface area contributed by atoms with Crippen molar-refractivity contribution in [3.05, 3.63) is 35.9 Å². The van der Waals surface area contributed by atoms with Gasteiger partial charge in [0, 0.05) is 6.04 Å². The molecule has 3 N–H and O–H groups in total. The van der Waals surface area contributed by atoms with Crippen molar-refractivity contribution in [2.45, 2.75) is 19.4 Å². The van der Waals surface area contributed by atoms with Crippen LogP contribution in [0.1, 0.15) is 12.5 Å². The third-order valence-electron chi connectivity index (χ3n) is 2.26. The molecule has 0 saturated heterocycles. The van der Waals surface area contributed by atoms with Crippen molar-refractivity contribution in [3.8, 4) is 0 Å². The molecule has 0 radical (unpaired) electrons. The van der Waals surface area contributed by atoms with Gasteiger partial charge < -0.3 is 11.1 Å². The Hall–Kier alpha value is -0.860. The molecule has 0 aliphatic carbocycles. The minimum absolute atomic E-state index is 0. The number of hydrogen-bond acceptors (Lipinski definition) is 2. The van der Waals surface area contributed by atoms with Crippen molar-refractivity contribution in [2.75, 3.05) is 14.1 Å². The third kappa shape index (κ3) is 4.06. The van der Waals surface area contributed by atoms with E-state index in [0.29, 0.717) is 6.04 Å². The Balaban J connectivity index is 0.00000144. The van der Waals surface area contributed by atoms with Gasteiger partial charge in [0.2, 0.25) is 0 Å². The van der Waals surface area contributed by atoms with Crippen LogP contribution in [-0.4, -0.2) is 25.0 Å². The van der Waals surface area contributed by atoms with E-state index in [0.717, 1.165) is 6.42 Å². The van der Waals surface area contributed by atoms with Gasteiger partial charge in [0.15, 0.2) is 0 Å². The molecule has 0 bridgehead atoms. The van der Waals surface area contributed by atoms with Gasteiger partial charge in [-0.05, 0) is 33.0 Å². The number of rotatable bonds is 3. The van der Waals surface area contributed by atoms with Crippen LogP contribution in [0.5, 0.6) is 0 Å². The first-order valence-electron chi connectivity index (χ1n) is 4.40. The van der Waals surface area contributed by atoms with E-state index in [-0.39, 0.29) is 6.15 Å². The molecule has 2 nitrogen and oxygen atoms in total. The molecular formula is C11H20N2. The van der Waals surface area contributed by atoms with Crippen LogP contribution in [0.2, 0.25) is 0 Å². The fourth-order valence-electron chi connectivity index (χ4n) is 1.14. The van der Waals surface area contributed by atoms with Crippen LogP contribution in [0.25, 0.3) is 0 Å². The van der Waals surface area contributed by atoms with Crippen LogP contribution < -0.4 is 6.15 Å². The summed E-state index contributed by atoms with van der Waals surface area (Å²) in [7, 11) is 4.24. The third-order valence-corrected chi connectivity index (χ3v) is 2.26. The minimum atomic E-state index is 0. The van der Waals surface area contributed by atoms with Gasteiger partial charge in [-0.25, -0.2) is 0 Å². The molecule has 0 aromatic heterocycles. The molecular weight excluding hydrogens is 160 g/mol. The Morgan fingerprint density at radius 2 is 1.69 bits per heavy atom. The van der Waals surface area contributed by atoms with E-state index in [1.807, 2.05) is 0 Å². The summed E-state index contributed by atoms with van der Waals surface area (Å²) in [5, 5.41) is 0. The van der Waals surface area contributed by atoms with Crippen molar-refractivity contribution in [2.24, 2.45) is 0 Å². The highest BCUT2D eigenvalue weighted by molar-refractivity contribution is 5.15. The predicted octanol–water partition coefficient (Wildman–Crippen LogP) is 2.34. The summed E-state index contributed by atoms with van der Waals surface area (Å²) in [4.78, 5) is 2.24. The van der Waals surface area contributed by atoms with E-state index >= 15 is 0 Å². The van der Waals surface area contributed by atoms with Gasteiger partial charge in [-0.1, -0.05) is 30.3 Å². The van der Waals surface area contributed by atoms with Crippen molar-refractivity contribution in [1.29, 1.82) is 0 Å². The Bertz CT molecular complexity index is 219. The zero-order valence-corrected chi connectivity index (χ0v) is 8.83. The molecule has 1 aromatic rings. The lowest BCUT2D eigenvalue weighted by Crippen LogP contribution is -2.26. The monoisotopic (exact) mass is 180 g/mol. The highest BCUT2D eigenvalue weighted by Crippen LogP contribution is 2.05. The Morgan fingerprint density at radius 1 is 1.15 bits per heavy atom. The molecule has 0 fully saturated rings. The maximum atomic E-state index is 2.24. The topological polar surface area (TPSA) is 38.2 Å². The van der Waals surface area contributed by atoms with Crippen LogP contribution in [0.15, 0.2) is 30.3 Å². The molecule has 1 aromatic carbocycles. The minimum Gasteiger partial charge on any atom is -0.344 e. The largest absolute Gasteiger partial charge is 0.344 e. The first-order valence-corrected chi connectivity index (χ1v) is 4.40. The number of nitrogens with zero attached hydrogens (tertiary/aromatic N) is 1. The molecule has 0 aliphatic rings. The summed E-state index contributed by atoms with van der Waals surface area (Å²) in [6.07, 6.45) is 1.13. The Labute approximate surface area is 81.2 Å². The van der Waals surface area contributed by atoms with Gasteiger partial charge >= 0.3 is 0 Å². The van der Waals surface area contributed by atoms with Crippen LogP contribution in [0.3, 0.4) is 0 Å². The predicted molar refractivity (Wildman–Crippen MR) is 58.3 cm³/mol. The van der Waals surface area contributed by atoms with Gasteiger partial charge in [0.25, 0.3) is 0 Å². The lowest BCUT2D eigenvalue weighted by molar-refractivity contribution is 0.312. The first kappa shape index (κ1) is 12.1. The first-order chi connectivity index (χ1) is 5.70. The SMILES string of the molecule is CC(Cc1ccccc1)N(C)C.N. The van der Waals surface area contributed by atoms with E-state index in [4.69, 9.17) is 0 Å². The van der Waals surface area contributed by atoms with Crippen LogP contribution in [0, 0.1) is 0 Å². The molecule has 0 heterocycles.